The van der Waals surface area contributed by atoms with Gasteiger partial charge in [0.05, 0.1) is 20.7 Å². The molecule has 2 aromatic rings. The number of primary amides is 1. The van der Waals surface area contributed by atoms with E-state index in [0.717, 1.165) is 0 Å². The van der Waals surface area contributed by atoms with Crippen LogP contribution in [0.1, 0.15) is 20.7 Å². The third kappa shape index (κ3) is 3.40. The highest BCUT2D eigenvalue weighted by molar-refractivity contribution is 9.10. The van der Waals surface area contributed by atoms with Crippen molar-refractivity contribution in [3.8, 4) is 0 Å². The lowest BCUT2D eigenvalue weighted by Gasteiger charge is -2.10. The van der Waals surface area contributed by atoms with Crippen LogP contribution < -0.4 is 11.1 Å². The normalized spacial score (nSPS) is 10.2. The first-order valence-electron chi connectivity index (χ1n) is 5.75. The number of anilines is 1. The Balaban J connectivity index is 2.33. The predicted octanol–water partition coefficient (Wildman–Crippen LogP) is 3.59. The summed E-state index contributed by atoms with van der Waals surface area (Å²) in [5.74, 6) is -1.77. The third-order valence-corrected chi connectivity index (χ3v) is 3.83. The minimum Gasteiger partial charge on any atom is -0.366 e. The highest BCUT2D eigenvalue weighted by Crippen LogP contribution is 2.26. The molecule has 0 bridgehead atoms. The number of amides is 2. The second-order valence-electron chi connectivity index (χ2n) is 4.11. The summed E-state index contributed by atoms with van der Waals surface area (Å²) in [6.45, 7) is 0. The molecule has 0 aliphatic rings. The molecule has 0 atom stereocenters. The van der Waals surface area contributed by atoms with Gasteiger partial charge >= 0.3 is 0 Å². The Morgan fingerprint density at radius 1 is 1.24 bits per heavy atom. The molecule has 0 aromatic heterocycles. The van der Waals surface area contributed by atoms with Crippen molar-refractivity contribution in [2.75, 3.05) is 5.32 Å². The Morgan fingerprint density at radius 3 is 2.62 bits per heavy atom. The number of hydrogen-bond donors (Lipinski definition) is 2. The molecule has 2 aromatic carbocycles. The van der Waals surface area contributed by atoms with Crippen molar-refractivity contribution in [1.29, 1.82) is 0 Å². The van der Waals surface area contributed by atoms with Crippen LogP contribution in [0.3, 0.4) is 0 Å². The summed E-state index contributed by atoms with van der Waals surface area (Å²) in [4.78, 5) is 23.3. The van der Waals surface area contributed by atoms with Crippen LogP contribution in [0.4, 0.5) is 10.1 Å². The molecule has 7 heteroatoms. The van der Waals surface area contributed by atoms with Crippen LogP contribution in [0.15, 0.2) is 40.9 Å². The van der Waals surface area contributed by atoms with E-state index in [4.69, 9.17) is 17.3 Å². The number of halogens is 3. The first-order chi connectivity index (χ1) is 9.90. The SMILES string of the molecule is NC(=O)c1ccc(Cl)c(NC(=O)c2cccc(F)c2Br)c1. The molecular weight excluding hydrogens is 363 g/mol. The molecule has 21 heavy (non-hydrogen) atoms. The van der Waals surface area contributed by atoms with Crippen molar-refractivity contribution in [1.82, 2.24) is 0 Å². The number of rotatable bonds is 3. The molecule has 0 saturated heterocycles. The minimum atomic E-state index is -0.644. The number of benzene rings is 2. The first kappa shape index (κ1) is 15.5. The second kappa shape index (κ2) is 6.24. The van der Waals surface area contributed by atoms with Gasteiger partial charge in [0, 0.05) is 5.56 Å². The van der Waals surface area contributed by atoms with Crippen LogP contribution >= 0.6 is 27.5 Å². The van der Waals surface area contributed by atoms with Crippen LogP contribution in [0.25, 0.3) is 0 Å². The van der Waals surface area contributed by atoms with Crippen molar-refractivity contribution in [2.24, 2.45) is 5.73 Å². The Labute approximate surface area is 133 Å². The number of carbonyl (C=O) groups excluding carboxylic acids is 2. The molecule has 0 unspecified atom stereocenters. The van der Waals surface area contributed by atoms with Gasteiger partial charge in [-0.2, -0.15) is 0 Å². The van der Waals surface area contributed by atoms with Gasteiger partial charge in [-0.3, -0.25) is 9.59 Å². The van der Waals surface area contributed by atoms with Crippen molar-refractivity contribution < 1.29 is 14.0 Å². The van der Waals surface area contributed by atoms with Gasteiger partial charge in [-0.1, -0.05) is 17.7 Å². The summed E-state index contributed by atoms with van der Waals surface area (Å²) >= 11 is 8.96. The van der Waals surface area contributed by atoms with Gasteiger partial charge in [-0.05, 0) is 46.3 Å². The summed E-state index contributed by atoms with van der Waals surface area (Å²) < 4.78 is 13.5. The molecule has 0 aliphatic heterocycles. The molecule has 0 radical (unpaired) electrons. The highest BCUT2D eigenvalue weighted by atomic mass is 79.9. The lowest BCUT2D eigenvalue weighted by Crippen LogP contribution is -2.15. The Hall–Kier alpha value is -1.92. The lowest BCUT2D eigenvalue weighted by atomic mass is 10.1. The standard InChI is InChI=1S/C14H9BrClFN2O2/c15-12-8(2-1-3-10(12)17)14(21)19-11-6-7(13(18)20)4-5-9(11)16/h1-6H,(H2,18,20)(H,19,21). The van der Waals surface area contributed by atoms with Gasteiger partial charge in [0.1, 0.15) is 5.82 Å². The Bertz CT molecular complexity index is 737. The van der Waals surface area contributed by atoms with E-state index in [-0.39, 0.29) is 26.3 Å². The number of carbonyl (C=O) groups is 2. The quantitative estimate of drug-likeness (QED) is 0.865. The summed E-state index contributed by atoms with van der Waals surface area (Å²) in [5.41, 5.74) is 5.69. The van der Waals surface area contributed by atoms with Crippen LogP contribution in [0.5, 0.6) is 0 Å². The zero-order chi connectivity index (χ0) is 15.6. The van der Waals surface area contributed by atoms with E-state index in [1.54, 1.807) is 0 Å². The van der Waals surface area contributed by atoms with E-state index < -0.39 is 17.6 Å². The zero-order valence-electron chi connectivity index (χ0n) is 10.5. The fourth-order valence-electron chi connectivity index (χ4n) is 1.64. The van der Waals surface area contributed by atoms with Crippen molar-refractivity contribution >= 4 is 45.0 Å². The zero-order valence-corrected chi connectivity index (χ0v) is 12.8. The Morgan fingerprint density at radius 2 is 1.95 bits per heavy atom. The van der Waals surface area contributed by atoms with Gasteiger partial charge in [-0.25, -0.2) is 4.39 Å². The van der Waals surface area contributed by atoms with Gasteiger partial charge < -0.3 is 11.1 Å². The Kier molecular flexibility index (Phi) is 4.59. The number of hydrogen-bond acceptors (Lipinski definition) is 2. The van der Waals surface area contributed by atoms with E-state index in [2.05, 4.69) is 21.2 Å². The molecule has 0 saturated carbocycles. The van der Waals surface area contributed by atoms with E-state index in [9.17, 15) is 14.0 Å². The largest absolute Gasteiger partial charge is 0.366 e. The average Bonchev–Trinajstić information content (AvgIpc) is 2.43. The van der Waals surface area contributed by atoms with E-state index in [1.807, 2.05) is 0 Å². The van der Waals surface area contributed by atoms with Crippen LogP contribution in [-0.2, 0) is 0 Å². The maximum Gasteiger partial charge on any atom is 0.256 e. The van der Waals surface area contributed by atoms with E-state index in [0.29, 0.717) is 0 Å². The van der Waals surface area contributed by atoms with Crippen LogP contribution in [-0.4, -0.2) is 11.8 Å². The van der Waals surface area contributed by atoms with E-state index >= 15 is 0 Å². The summed E-state index contributed by atoms with van der Waals surface area (Å²) in [5, 5.41) is 2.75. The van der Waals surface area contributed by atoms with Crippen molar-refractivity contribution in [3.05, 3.63) is 62.8 Å². The molecule has 3 N–H and O–H groups in total. The molecule has 0 heterocycles. The van der Waals surface area contributed by atoms with Gasteiger partial charge in [0.2, 0.25) is 5.91 Å². The molecular formula is C14H9BrClFN2O2. The predicted molar refractivity (Wildman–Crippen MR) is 82.0 cm³/mol. The van der Waals surface area contributed by atoms with E-state index in [1.165, 1.54) is 36.4 Å². The molecule has 4 nitrogen and oxygen atoms in total. The highest BCUT2D eigenvalue weighted by Gasteiger charge is 2.15. The molecule has 0 spiro atoms. The van der Waals surface area contributed by atoms with Gasteiger partial charge in [0.25, 0.3) is 5.91 Å². The van der Waals surface area contributed by atoms with Crippen LogP contribution in [0, 0.1) is 5.82 Å². The summed E-state index contributed by atoms with van der Waals surface area (Å²) in [7, 11) is 0. The monoisotopic (exact) mass is 370 g/mol. The van der Waals surface area contributed by atoms with Crippen molar-refractivity contribution in [2.45, 2.75) is 0 Å². The van der Waals surface area contributed by atoms with Gasteiger partial charge in [-0.15, -0.1) is 0 Å². The maximum atomic E-state index is 13.4. The minimum absolute atomic E-state index is 0.0460. The molecule has 0 aliphatic carbocycles. The van der Waals surface area contributed by atoms with Gasteiger partial charge in [0.15, 0.2) is 0 Å². The second-order valence-corrected chi connectivity index (χ2v) is 5.31. The fourth-order valence-corrected chi connectivity index (χ4v) is 2.25. The smallest absolute Gasteiger partial charge is 0.256 e. The average molecular weight is 372 g/mol. The molecule has 2 rings (SSSR count). The molecule has 2 amide bonds. The maximum absolute atomic E-state index is 13.4. The topological polar surface area (TPSA) is 72.2 Å². The fraction of sp³-hybridized carbons (Fsp3) is 0. The summed E-state index contributed by atoms with van der Waals surface area (Å²) in [6, 6.07) is 8.33. The third-order valence-electron chi connectivity index (χ3n) is 2.70. The summed E-state index contributed by atoms with van der Waals surface area (Å²) in [6.07, 6.45) is 0. The number of nitrogens with two attached hydrogens (primary N) is 1. The molecule has 108 valence electrons. The lowest BCUT2D eigenvalue weighted by molar-refractivity contribution is 0.0996. The number of nitrogens with one attached hydrogen (secondary N) is 1. The first-order valence-corrected chi connectivity index (χ1v) is 6.92. The van der Waals surface area contributed by atoms with Crippen LogP contribution in [0.2, 0.25) is 5.02 Å². The van der Waals surface area contributed by atoms with Crippen molar-refractivity contribution in [3.63, 3.8) is 0 Å². The molecule has 0 fully saturated rings.